The van der Waals surface area contributed by atoms with Crippen molar-refractivity contribution >= 4 is 28.6 Å². The van der Waals surface area contributed by atoms with Gasteiger partial charge in [-0.05, 0) is 24.6 Å². The molecule has 9 heteroatoms. The van der Waals surface area contributed by atoms with Crippen molar-refractivity contribution < 1.29 is 29.0 Å². The maximum absolute atomic E-state index is 13.8. The molecule has 1 aliphatic rings. The third-order valence-corrected chi connectivity index (χ3v) is 4.48. The molecule has 1 heterocycles. The second kappa shape index (κ2) is 8.56. The highest BCUT2D eigenvalue weighted by molar-refractivity contribution is 6.04. The second-order valence-corrected chi connectivity index (χ2v) is 6.49. The minimum absolute atomic E-state index is 0.0577. The number of carboxylic acids is 1. The molecular formula is C21H17FN2O6. The number of amides is 1. The third kappa shape index (κ3) is 4.19. The van der Waals surface area contributed by atoms with Gasteiger partial charge in [0.1, 0.15) is 23.7 Å². The van der Waals surface area contributed by atoms with Crippen LogP contribution in [0.4, 0.5) is 4.39 Å². The summed E-state index contributed by atoms with van der Waals surface area (Å²) in [6.07, 6.45) is 8.91. The van der Waals surface area contributed by atoms with Crippen LogP contribution in [0.3, 0.4) is 0 Å². The Labute approximate surface area is 169 Å². The lowest BCUT2D eigenvalue weighted by molar-refractivity contribution is -0.135. The predicted molar refractivity (Wildman–Crippen MR) is 106 cm³/mol. The van der Waals surface area contributed by atoms with E-state index >= 15 is 0 Å². The standard InChI is InChI=1S/C21H17FN2O6/c22-13-7-8-15-14(9-13)19(28)18(20(29)23-10-17(26)27)21(30)24(15)11-16(25)12-5-3-1-2-4-6-12/h1-5,7-9,28H,6,10-11H2,(H,23,29)(H,26,27). The number of rotatable bonds is 6. The first-order chi connectivity index (χ1) is 14.3. The van der Waals surface area contributed by atoms with Crippen LogP contribution in [-0.2, 0) is 16.1 Å². The van der Waals surface area contributed by atoms with Crippen molar-refractivity contribution in [3.63, 3.8) is 0 Å². The van der Waals surface area contributed by atoms with E-state index in [1.807, 2.05) is 5.32 Å². The molecular weight excluding hydrogens is 395 g/mol. The lowest BCUT2D eigenvalue weighted by atomic mass is 10.1. The summed E-state index contributed by atoms with van der Waals surface area (Å²) in [5.41, 5.74) is -1.28. The smallest absolute Gasteiger partial charge is 0.322 e. The first-order valence-electron chi connectivity index (χ1n) is 8.90. The molecule has 0 bridgehead atoms. The third-order valence-electron chi connectivity index (χ3n) is 4.48. The molecule has 8 nitrogen and oxygen atoms in total. The van der Waals surface area contributed by atoms with Gasteiger partial charge in [0.15, 0.2) is 5.78 Å². The van der Waals surface area contributed by atoms with Crippen LogP contribution in [0.2, 0.25) is 0 Å². The van der Waals surface area contributed by atoms with E-state index in [0.29, 0.717) is 12.0 Å². The predicted octanol–water partition coefficient (Wildman–Crippen LogP) is 1.67. The Kier molecular flexibility index (Phi) is 5.91. The summed E-state index contributed by atoms with van der Waals surface area (Å²) in [4.78, 5) is 48.8. The van der Waals surface area contributed by atoms with Crippen LogP contribution in [0.5, 0.6) is 5.75 Å². The van der Waals surface area contributed by atoms with E-state index in [9.17, 15) is 28.7 Å². The molecule has 0 saturated carbocycles. The fraction of sp³-hybridized carbons (Fsp3) is 0.143. The summed E-state index contributed by atoms with van der Waals surface area (Å²) in [5.74, 6) is -4.42. The fourth-order valence-electron chi connectivity index (χ4n) is 3.05. The van der Waals surface area contributed by atoms with E-state index in [1.165, 1.54) is 6.07 Å². The summed E-state index contributed by atoms with van der Waals surface area (Å²) >= 11 is 0. The van der Waals surface area contributed by atoms with E-state index < -0.39 is 53.4 Å². The molecule has 1 aromatic carbocycles. The number of allylic oxidation sites excluding steroid dienone is 6. The number of nitrogens with one attached hydrogen (secondary N) is 1. The number of ketones is 1. The van der Waals surface area contributed by atoms with Crippen molar-refractivity contribution in [3.8, 4) is 5.75 Å². The summed E-state index contributed by atoms with van der Waals surface area (Å²) in [6, 6.07) is 3.21. The molecule has 30 heavy (non-hydrogen) atoms. The zero-order chi connectivity index (χ0) is 21.8. The molecule has 0 spiro atoms. The number of carbonyl (C=O) groups excluding carboxylic acids is 2. The summed E-state index contributed by atoms with van der Waals surface area (Å²) < 4.78 is 14.7. The Hall–Kier alpha value is -4.01. The highest BCUT2D eigenvalue weighted by Crippen LogP contribution is 2.27. The summed E-state index contributed by atoms with van der Waals surface area (Å²) in [7, 11) is 0. The van der Waals surface area contributed by atoms with E-state index in [4.69, 9.17) is 5.11 Å². The van der Waals surface area contributed by atoms with Gasteiger partial charge >= 0.3 is 5.97 Å². The van der Waals surface area contributed by atoms with Crippen LogP contribution in [0, 0.1) is 5.82 Å². The SMILES string of the molecule is O=C(O)CNC(=O)c1c(O)c2cc(F)ccc2n(CC(=O)C2=CC=CC=CC2)c1=O. The van der Waals surface area contributed by atoms with Crippen molar-refractivity contribution in [2.75, 3.05) is 6.54 Å². The molecule has 3 N–H and O–H groups in total. The summed E-state index contributed by atoms with van der Waals surface area (Å²) in [5, 5.41) is 21.0. The minimum Gasteiger partial charge on any atom is -0.506 e. The van der Waals surface area contributed by atoms with Crippen molar-refractivity contribution in [2.45, 2.75) is 13.0 Å². The Balaban J connectivity index is 2.13. The number of halogens is 1. The van der Waals surface area contributed by atoms with Gasteiger partial charge in [-0.2, -0.15) is 0 Å². The van der Waals surface area contributed by atoms with Gasteiger partial charge in [-0.25, -0.2) is 4.39 Å². The van der Waals surface area contributed by atoms with Gasteiger partial charge < -0.3 is 15.5 Å². The van der Waals surface area contributed by atoms with Crippen molar-refractivity contribution in [3.05, 3.63) is 75.9 Å². The Morgan fingerprint density at radius 2 is 1.93 bits per heavy atom. The zero-order valence-electron chi connectivity index (χ0n) is 15.6. The number of pyridine rings is 1. The lowest BCUT2D eigenvalue weighted by Crippen LogP contribution is -2.36. The number of benzene rings is 1. The van der Waals surface area contributed by atoms with Gasteiger partial charge in [0.25, 0.3) is 11.5 Å². The first kappa shape index (κ1) is 20.7. The molecule has 1 aliphatic carbocycles. The van der Waals surface area contributed by atoms with Crippen LogP contribution >= 0.6 is 0 Å². The number of Topliss-reactive ketones (excluding diaryl/α,β-unsaturated/α-hetero) is 1. The van der Waals surface area contributed by atoms with Crippen molar-refractivity contribution in [1.29, 1.82) is 0 Å². The van der Waals surface area contributed by atoms with Gasteiger partial charge in [0, 0.05) is 11.0 Å². The highest BCUT2D eigenvalue weighted by atomic mass is 19.1. The number of nitrogens with zero attached hydrogens (tertiary/aromatic N) is 1. The zero-order valence-corrected chi connectivity index (χ0v) is 15.6. The van der Waals surface area contributed by atoms with Crippen LogP contribution in [0.15, 0.2) is 58.9 Å². The lowest BCUT2D eigenvalue weighted by Gasteiger charge is -2.15. The van der Waals surface area contributed by atoms with Gasteiger partial charge in [-0.3, -0.25) is 23.7 Å². The second-order valence-electron chi connectivity index (χ2n) is 6.49. The maximum Gasteiger partial charge on any atom is 0.322 e. The first-order valence-corrected chi connectivity index (χ1v) is 8.90. The van der Waals surface area contributed by atoms with E-state index in [0.717, 1.165) is 16.7 Å². The van der Waals surface area contributed by atoms with Crippen LogP contribution in [0.25, 0.3) is 10.9 Å². The van der Waals surface area contributed by atoms with Gasteiger partial charge in [-0.15, -0.1) is 0 Å². The molecule has 1 amide bonds. The molecule has 3 rings (SSSR count). The number of carboxylic acid groups (broad SMARTS) is 1. The highest BCUT2D eigenvalue weighted by Gasteiger charge is 2.24. The Morgan fingerprint density at radius 1 is 1.17 bits per heavy atom. The number of aromatic hydroxyl groups is 1. The van der Waals surface area contributed by atoms with E-state index in [-0.39, 0.29) is 10.9 Å². The molecule has 1 aromatic heterocycles. The van der Waals surface area contributed by atoms with Crippen LogP contribution < -0.4 is 10.9 Å². The van der Waals surface area contributed by atoms with Gasteiger partial charge in [-0.1, -0.05) is 30.4 Å². The Bertz CT molecular complexity index is 1210. The maximum atomic E-state index is 13.8. The molecule has 2 aromatic rings. The van der Waals surface area contributed by atoms with Crippen molar-refractivity contribution in [2.24, 2.45) is 0 Å². The minimum atomic E-state index is -1.36. The molecule has 0 unspecified atom stereocenters. The normalized spacial score (nSPS) is 13.0. The topological polar surface area (TPSA) is 126 Å². The average molecular weight is 412 g/mol. The van der Waals surface area contributed by atoms with Crippen LogP contribution in [0.1, 0.15) is 16.8 Å². The molecule has 154 valence electrons. The van der Waals surface area contributed by atoms with Crippen molar-refractivity contribution in [1.82, 2.24) is 9.88 Å². The van der Waals surface area contributed by atoms with E-state index in [1.54, 1.807) is 30.4 Å². The Morgan fingerprint density at radius 3 is 2.67 bits per heavy atom. The fourth-order valence-corrected chi connectivity index (χ4v) is 3.05. The number of hydrogen-bond acceptors (Lipinski definition) is 5. The molecule has 0 aliphatic heterocycles. The monoisotopic (exact) mass is 412 g/mol. The summed E-state index contributed by atoms with van der Waals surface area (Å²) in [6.45, 7) is -1.24. The molecule has 0 atom stereocenters. The number of hydrogen-bond donors (Lipinski definition) is 3. The average Bonchev–Trinajstić information content (AvgIpc) is 2.99. The van der Waals surface area contributed by atoms with E-state index in [2.05, 4.69) is 0 Å². The largest absolute Gasteiger partial charge is 0.506 e. The van der Waals surface area contributed by atoms with Crippen LogP contribution in [-0.4, -0.2) is 39.0 Å². The molecule has 0 radical (unpaired) electrons. The van der Waals surface area contributed by atoms with Gasteiger partial charge in [0.2, 0.25) is 0 Å². The number of aromatic nitrogens is 1. The number of aliphatic carboxylic acids is 1. The number of fused-ring (bicyclic) bond motifs is 1. The molecule has 0 fully saturated rings. The quantitative estimate of drug-likeness (QED) is 0.663. The number of carbonyl (C=O) groups is 3. The van der Waals surface area contributed by atoms with Gasteiger partial charge in [0.05, 0.1) is 12.1 Å². The molecule has 0 saturated heterocycles.